The molecule has 0 fully saturated rings. The van der Waals surface area contributed by atoms with Gasteiger partial charge < -0.3 is 10.3 Å². The van der Waals surface area contributed by atoms with Crippen molar-refractivity contribution < 1.29 is 0 Å². The van der Waals surface area contributed by atoms with Gasteiger partial charge in [0.2, 0.25) is 0 Å². The molecule has 0 amide bonds. The first-order chi connectivity index (χ1) is 4.77. The summed E-state index contributed by atoms with van der Waals surface area (Å²) >= 11 is 3.39. The predicted molar refractivity (Wildman–Crippen MR) is 47.7 cm³/mol. The molecule has 1 rings (SSSR count). The van der Waals surface area contributed by atoms with E-state index in [1.807, 2.05) is 7.05 Å². The van der Waals surface area contributed by atoms with Crippen LogP contribution < -0.4 is 5.32 Å². The van der Waals surface area contributed by atoms with Crippen molar-refractivity contribution in [3.05, 3.63) is 17.3 Å². The van der Waals surface area contributed by atoms with Gasteiger partial charge in [-0.15, -0.1) is 0 Å². The first-order valence-corrected chi connectivity index (χ1v) is 4.32. The van der Waals surface area contributed by atoms with E-state index in [1.165, 1.54) is 11.3 Å². The number of nitrogens with one attached hydrogen (secondary N) is 2. The summed E-state index contributed by atoms with van der Waals surface area (Å²) in [7, 11) is 1.91. The molecule has 2 N–H and O–H groups in total. The van der Waals surface area contributed by atoms with Gasteiger partial charge in [-0.2, -0.15) is 0 Å². The van der Waals surface area contributed by atoms with Gasteiger partial charge in [-0.25, -0.2) is 0 Å². The predicted octanol–water partition coefficient (Wildman–Crippen LogP) is 2.26. The largest absolute Gasteiger partial charge is 0.375 e. The number of hydrogen-bond acceptors (Lipinski definition) is 1. The van der Waals surface area contributed by atoms with Crippen molar-refractivity contribution in [1.82, 2.24) is 4.98 Å². The van der Waals surface area contributed by atoms with Gasteiger partial charge >= 0.3 is 0 Å². The minimum Gasteiger partial charge on any atom is -0.375 e. The molecule has 1 aromatic rings. The highest BCUT2D eigenvalue weighted by atomic mass is 79.9. The second-order valence-corrected chi connectivity index (χ2v) is 2.79. The molecule has 0 saturated carbocycles. The fraction of sp³-hybridized carbons (Fsp3) is 0.429. The van der Waals surface area contributed by atoms with Crippen LogP contribution in [-0.2, 0) is 5.33 Å². The molecular formula is C7H11BrN2. The van der Waals surface area contributed by atoms with Crippen LogP contribution in [0.5, 0.6) is 0 Å². The summed E-state index contributed by atoms with van der Waals surface area (Å²) in [6.07, 6.45) is 0. The van der Waals surface area contributed by atoms with Crippen molar-refractivity contribution >= 4 is 21.7 Å². The maximum Gasteiger partial charge on any atom is 0.103 e. The zero-order valence-electron chi connectivity index (χ0n) is 6.16. The third kappa shape index (κ3) is 1.34. The molecule has 0 aliphatic heterocycles. The van der Waals surface area contributed by atoms with Crippen LogP contribution in [0.3, 0.4) is 0 Å². The normalized spacial score (nSPS) is 9.90. The molecule has 0 unspecified atom stereocenters. The van der Waals surface area contributed by atoms with Crippen LogP contribution in [0.4, 0.5) is 5.82 Å². The van der Waals surface area contributed by atoms with Crippen molar-refractivity contribution in [1.29, 1.82) is 0 Å². The van der Waals surface area contributed by atoms with Crippen LogP contribution in [0.25, 0.3) is 0 Å². The van der Waals surface area contributed by atoms with E-state index in [9.17, 15) is 0 Å². The first kappa shape index (κ1) is 7.66. The Balaban J connectivity index is 2.92. The minimum absolute atomic E-state index is 0.889. The van der Waals surface area contributed by atoms with Crippen molar-refractivity contribution in [3.63, 3.8) is 0 Å². The van der Waals surface area contributed by atoms with Gasteiger partial charge in [0.1, 0.15) is 5.82 Å². The van der Waals surface area contributed by atoms with Crippen molar-refractivity contribution in [2.75, 3.05) is 12.4 Å². The Hall–Kier alpha value is -0.440. The number of rotatable bonds is 2. The molecule has 3 heteroatoms. The van der Waals surface area contributed by atoms with E-state index < -0.39 is 0 Å². The maximum atomic E-state index is 3.39. The fourth-order valence-corrected chi connectivity index (χ4v) is 1.46. The molecule has 10 heavy (non-hydrogen) atoms. The minimum atomic E-state index is 0.889. The summed E-state index contributed by atoms with van der Waals surface area (Å²) < 4.78 is 0. The van der Waals surface area contributed by atoms with E-state index in [2.05, 4.69) is 39.2 Å². The van der Waals surface area contributed by atoms with Crippen LogP contribution in [0.15, 0.2) is 6.07 Å². The van der Waals surface area contributed by atoms with Gasteiger partial charge in [-0.1, -0.05) is 15.9 Å². The summed E-state index contributed by atoms with van der Waals surface area (Å²) in [5, 5.41) is 3.94. The van der Waals surface area contributed by atoms with Gasteiger partial charge in [0.15, 0.2) is 0 Å². The lowest BCUT2D eigenvalue weighted by molar-refractivity contribution is 1.20. The van der Waals surface area contributed by atoms with E-state index in [1.54, 1.807) is 0 Å². The fourth-order valence-electron chi connectivity index (χ4n) is 0.874. The lowest BCUT2D eigenvalue weighted by Gasteiger charge is -1.91. The van der Waals surface area contributed by atoms with Crippen molar-refractivity contribution in [3.8, 4) is 0 Å². The molecule has 0 spiro atoms. The summed E-state index contributed by atoms with van der Waals surface area (Å²) in [5.74, 6) is 1.08. The lowest BCUT2D eigenvalue weighted by Crippen LogP contribution is -1.87. The highest BCUT2D eigenvalue weighted by Gasteiger charge is 1.99. The number of alkyl halides is 1. The second kappa shape index (κ2) is 3.10. The monoisotopic (exact) mass is 202 g/mol. The number of halogens is 1. The number of hydrogen-bond donors (Lipinski definition) is 2. The van der Waals surface area contributed by atoms with E-state index in [0.717, 1.165) is 11.1 Å². The Labute approximate surface area is 69.2 Å². The SMILES string of the molecule is CNc1cc(C)c(CBr)[nH]1. The van der Waals surface area contributed by atoms with Crippen LogP contribution in [-0.4, -0.2) is 12.0 Å². The number of anilines is 1. The lowest BCUT2D eigenvalue weighted by atomic mass is 10.3. The number of H-pyrrole nitrogens is 1. The third-order valence-corrected chi connectivity index (χ3v) is 2.09. The molecule has 0 saturated heterocycles. The topological polar surface area (TPSA) is 27.8 Å². The number of aromatic amines is 1. The summed E-state index contributed by atoms with van der Waals surface area (Å²) in [6, 6.07) is 2.09. The van der Waals surface area contributed by atoms with Gasteiger partial charge in [0, 0.05) is 18.1 Å². The van der Waals surface area contributed by atoms with Crippen molar-refractivity contribution in [2.24, 2.45) is 0 Å². The van der Waals surface area contributed by atoms with Crippen LogP contribution in [0, 0.1) is 6.92 Å². The van der Waals surface area contributed by atoms with Crippen LogP contribution >= 0.6 is 15.9 Å². The average molecular weight is 203 g/mol. The molecule has 0 aliphatic carbocycles. The van der Waals surface area contributed by atoms with Crippen LogP contribution in [0.2, 0.25) is 0 Å². The molecule has 1 aromatic heterocycles. The molecule has 1 heterocycles. The molecular weight excluding hydrogens is 192 g/mol. The third-order valence-electron chi connectivity index (χ3n) is 1.53. The van der Waals surface area contributed by atoms with E-state index >= 15 is 0 Å². The van der Waals surface area contributed by atoms with Crippen LogP contribution in [0.1, 0.15) is 11.3 Å². The maximum absolute atomic E-state index is 3.39. The van der Waals surface area contributed by atoms with Gasteiger partial charge in [0.05, 0.1) is 0 Å². The molecule has 2 nitrogen and oxygen atoms in total. The Morgan fingerprint density at radius 2 is 2.40 bits per heavy atom. The van der Waals surface area contributed by atoms with Gasteiger partial charge in [0.25, 0.3) is 0 Å². The second-order valence-electron chi connectivity index (χ2n) is 2.23. The standard InChI is InChI=1S/C7H11BrN2/c1-5-3-7(9-2)10-6(5)4-8/h3,9-10H,4H2,1-2H3. The zero-order valence-corrected chi connectivity index (χ0v) is 7.75. The summed E-state index contributed by atoms with van der Waals surface area (Å²) in [4.78, 5) is 3.22. The molecule has 0 aliphatic rings. The van der Waals surface area contributed by atoms with Gasteiger partial charge in [-0.05, 0) is 18.6 Å². The summed E-state index contributed by atoms with van der Waals surface area (Å²) in [5.41, 5.74) is 2.53. The van der Waals surface area contributed by atoms with Gasteiger partial charge in [-0.3, -0.25) is 0 Å². The molecule has 56 valence electrons. The number of aryl methyl sites for hydroxylation is 1. The Morgan fingerprint density at radius 1 is 1.70 bits per heavy atom. The Kier molecular flexibility index (Phi) is 2.38. The highest BCUT2D eigenvalue weighted by molar-refractivity contribution is 9.08. The van der Waals surface area contributed by atoms with E-state index in [4.69, 9.17) is 0 Å². The Morgan fingerprint density at radius 3 is 2.70 bits per heavy atom. The smallest absolute Gasteiger partial charge is 0.103 e. The van der Waals surface area contributed by atoms with E-state index in [0.29, 0.717) is 0 Å². The number of aromatic nitrogens is 1. The molecule has 0 aromatic carbocycles. The first-order valence-electron chi connectivity index (χ1n) is 3.20. The molecule has 0 bridgehead atoms. The zero-order chi connectivity index (χ0) is 7.56. The highest BCUT2D eigenvalue weighted by Crippen LogP contribution is 2.15. The average Bonchev–Trinajstić information content (AvgIpc) is 2.30. The van der Waals surface area contributed by atoms with E-state index in [-0.39, 0.29) is 0 Å². The molecule has 0 radical (unpaired) electrons. The molecule has 0 atom stereocenters. The quantitative estimate of drug-likeness (QED) is 0.709. The van der Waals surface area contributed by atoms with Crippen molar-refractivity contribution in [2.45, 2.75) is 12.3 Å². The summed E-state index contributed by atoms with van der Waals surface area (Å²) in [6.45, 7) is 2.09. The Bertz CT molecular complexity index is 217.